The molecule has 0 saturated carbocycles. The number of fused-ring (bicyclic) bond motifs is 2. The van der Waals surface area contributed by atoms with E-state index in [0.717, 1.165) is 0 Å². The highest BCUT2D eigenvalue weighted by Crippen LogP contribution is 2.40. The molecule has 0 aromatic carbocycles. The number of alkyl halides is 1. The standard InChI is InChI=1S/C13H11ClF2N4O2S/c1-23(21)13-17-9-7-11(19-13)20-3-5(15)2-6(20)4-22-12(7)18-10(14)8(9)16/h5-6H,2-4H2,1H3/t5-,6+,23?/m1/s1. The predicted octanol–water partition coefficient (Wildman–Crippen LogP) is 1.86. The lowest BCUT2D eigenvalue weighted by Gasteiger charge is -2.22. The van der Waals surface area contributed by atoms with Crippen LogP contribution in [-0.2, 0) is 10.8 Å². The third-order valence-electron chi connectivity index (χ3n) is 3.98. The SMILES string of the molecule is CS(=O)c1nc2c3c(nc(Cl)c(F)c3n1)OC[C@@H]1C[C@@H](F)CN21. The van der Waals surface area contributed by atoms with Crippen molar-refractivity contribution in [1.29, 1.82) is 0 Å². The molecule has 1 unspecified atom stereocenters. The summed E-state index contributed by atoms with van der Waals surface area (Å²) in [5.74, 6) is -0.431. The second-order valence-electron chi connectivity index (χ2n) is 5.48. The van der Waals surface area contributed by atoms with Gasteiger partial charge in [-0.25, -0.2) is 18.7 Å². The molecule has 0 radical (unpaired) electrons. The smallest absolute Gasteiger partial charge is 0.228 e. The number of aromatic nitrogens is 3. The summed E-state index contributed by atoms with van der Waals surface area (Å²) < 4.78 is 45.6. The Balaban J connectivity index is 2.08. The Labute approximate surface area is 137 Å². The van der Waals surface area contributed by atoms with Crippen molar-refractivity contribution in [2.45, 2.75) is 23.8 Å². The van der Waals surface area contributed by atoms with Gasteiger partial charge in [-0.3, -0.25) is 4.21 Å². The van der Waals surface area contributed by atoms with Crippen LogP contribution in [0.1, 0.15) is 6.42 Å². The number of nitrogens with zero attached hydrogens (tertiary/aromatic N) is 4. The minimum atomic E-state index is -1.53. The summed E-state index contributed by atoms with van der Waals surface area (Å²) in [7, 11) is -1.53. The molecular formula is C13H11ClF2N4O2S. The van der Waals surface area contributed by atoms with Gasteiger partial charge in [0.25, 0.3) is 0 Å². The van der Waals surface area contributed by atoms with Crippen molar-refractivity contribution >= 4 is 39.1 Å². The molecule has 0 spiro atoms. The lowest BCUT2D eigenvalue weighted by molar-refractivity contribution is 0.272. The molecule has 2 aromatic rings. The second kappa shape index (κ2) is 5.20. The molecule has 0 bridgehead atoms. The molecule has 10 heteroatoms. The first kappa shape index (κ1) is 14.9. The summed E-state index contributed by atoms with van der Waals surface area (Å²) in [6.45, 7) is 0.297. The van der Waals surface area contributed by atoms with Crippen LogP contribution in [0.3, 0.4) is 0 Å². The van der Waals surface area contributed by atoms with Crippen LogP contribution in [0.15, 0.2) is 5.16 Å². The summed E-state index contributed by atoms with van der Waals surface area (Å²) in [6.07, 6.45) is 0.637. The van der Waals surface area contributed by atoms with Crippen LogP contribution in [-0.4, -0.2) is 50.8 Å². The number of rotatable bonds is 1. The topological polar surface area (TPSA) is 68.2 Å². The van der Waals surface area contributed by atoms with E-state index in [-0.39, 0.29) is 52.7 Å². The fourth-order valence-corrected chi connectivity index (χ4v) is 3.57. The van der Waals surface area contributed by atoms with Crippen LogP contribution in [0.25, 0.3) is 10.9 Å². The molecule has 0 N–H and O–H groups in total. The molecule has 1 fully saturated rings. The molecule has 6 nitrogen and oxygen atoms in total. The number of pyridine rings is 1. The monoisotopic (exact) mass is 360 g/mol. The van der Waals surface area contributed by atoms with Gasteiger partial charge in [0, 0.05) is 12.7 Å². The average molecular weight is 361 g/mol. The van der Waals surface area contributed by atoms with Crippen molar-refractivity contribution in [3.63, 3.8) is 0 Å². The molecule has 2 aliphatic heterocycles. The molecule has 0 amide bonds. The molecule has 3 atom stereocenters. The van der Waals surface area contributed by atoms with E-state index in [2.05, 4.69) is 15.0 Å². The van der Waals surface area contributed by atoms with Crippen LogP contribution < -0.4 is 9.64 Å². The molecule has 4 heterocycles. The number of anilines is 1. The fraction of sp³-hybridized carbons (Fsp3) is 0.462. The molecular weight excluding hydrogens is 350 g/mol. The van der Waals surface area contributed by atoms with Crippen LogP contribution >= 0.6 is 11.6 Å². The van der Waals surface area contributed by atoms with Crippen molar-refractivity contribution in [1.82, 2.24) is 15.0 Å². The van der Waals surface area contributed by atoms with Gasteiger partial charge in [0.2, 0.25) is 11.0 Å². The number of hydrogen-bond acceptors (Lipinski definition) is 6. The minimum Gasteiger partial charge on any atom is -0.475 e. The Kier molecular flexibility index (Phi) is 3.38. The molecule has 23 heavy (non-hydrogen) atoms. The zero-order valence-corrected chi connectivity index (χ0v) is 13.5. The molecule has 0 aliphatic carbocycles. The Bertz CT molecular complexity index is 853. The second-order valence-corrected chi connectivity index (χ2v) is 7.11. The van der Waals surface area contributed by atoms with Gasteiger partial charge in [-0.2, -0.15) is 4.98 Å². The average Bonchev–Trinajstić information content (AvgIpc) is 2.82. The maximum atomic E-state index is 14.4. The van der Waals surface area contributed by atoms with Gasteiger partial charge in [-0.05, 0) is 0 Å². The first-order valence-electron chi connectivity index (χ1n) is 6.89. The van der Waals surface area contributed by atoms with Gasteiger partial charge in [-0.15, -0.1) is 0 Å². The Morgan fingerprint density at radius 3 is 2.91 bits per heavy atom. The van der Waals surface area contributed by atoms with Crippen molar-refractivity contribution in [3.05, 3.63) is 11.0 Å². The van der Waals surface area contributed by atoms with Crippen molar-refractivity contribution < 1.29 is 17.7 Å². The van der Waals surface area contributed by atoms with Crippen molar-refractivity contribution in [2.24, 2.45) is 0 Å². The van der Waals surface area contributed by atoms with E-state index >= 15 is 0 Å². The van der Waals surface area contributed by atoms with E-state index in [1.54, 1.807) is 4.90 Å². The third-order valence-corrected chi connectivity index (χ3v) is 4.92. The van der Waals surface area contributed by atoms with E-state index < -0.39 is 22.8 Å². The summed E-state index contributed by atoms with van der Waals surface area (Å²) in [5, 5.41) is -0.185. The van der Waals surface area contributed by atoms with E-state index in [1.165, 1.54) is 6.26 Å². The summed E-state index contributed by atoms with van der Waals surface area (Å²) >= 11 is 5.80. The van der Waals surface area contributed by atoms with Gasteiger partial charge >= 0.3 is 0 Å². The summed E-state index contributed by atoms with van der Waals surface area (Å²) in [6, 6.07) is -0.253. The quantitative estimate of drug-likeness (QED) is 0.571. The van der Waals surface area contributed by atoms with Crippen molar-refractivity contribution in [3.8, 4) is 5.88 Å². The van der Waals surface area contributed by atoms with Gasteiger partial charge in [0.1, 0.15) is 29.5 Å². The molecule has 2 aliphatic rings. The lowest BCUT2D eigenvalue weighted by Crippen LogP contribution is -2.33. The Morgan fingerprint density at radius 2 is 2.17 bits per heavy atom. The number of ether oxygens (including phenoxy) is 1. The molecule has 4 rings (SSSR count). The maximum Gasteiger partial charge on any atom is 0.228 e. The highest BCUT2D eigenvalue weighted by Gasteiger charge is 2.38. The first-order chi connectivity index (χ1) is 11.0. The van der Waals surface area contributed by atoms with E-state index in [9.17, 15) is 13.0 Å². The Morgan fingerprint density at radius 1 is 1.39 bits per heavy atom. The van der Waals surface area contributed by atoms with Crippen LogP contribution in [0, 0.1) is 5.82 Å². The zero-order valence-electron chi connectivity index (χ0n) is 11.9. The van der Waals surface area contributed by atoms with Gasteiger partial charge in [-0.1, -0.05) is 11.6 Å². The number of hydrogen-bond donors (Lipinski definition) is 0. The largest absolute Gasteiger partial charge is 0.475 e. The highest BCUT2D eigenvalue weighted by molar-refractivity contribution is 7.84. The van der Waals surface area contributed by atoms with Crippen molar-refractivity contribution in [2.75, 3.05) is 24.3 Å². The Hall–Kier alpha value is -1.61. The highest BCUT2D eigenvalue weighted by atomic mass is 35.5. The fourth-order valence-electron chi connectivity index (χ4n) is 2.97. The van der Waals surface area contributed by atoms with E-state index in [0.29, 0.717) is 5.82 Å². The maximum absolute atomic E-state index is 14.4. The normalized spacial score (nSPS) is 24.3. The van der Waals surface area contributed by atoms with E-state index in [4.69, 9.17) is 16.3 Å². The zero-order chi connectivity index (χ0) is 16.3. The van der Waals surface area contributed by atoms with Gasteiger partial charge < -0.3 is 9.64 Å². The third kappa shape index (κ3) is 2.25. The minimum absolute atomic E-state index is 0.0393. The predicted molar refractivity (Wildman–Crippen MR) is 80.8 cm³/mol. The van der Waals surface area contributed by atoms with Crippen LogP contribution in [0.2, 0.25) is 5.15 Å². The molecule has 122 valence electrons. The summed E-state index contributed by atoms with van der Waals surface area (Å²) in [5.41, 5.74) is -0.113. The van der Waals surface area contributed by atoms with E-state index in [1.807, 2.05) is 0 Å². The lowest BCUT2D eigenvalue weighted by atomic mass is 10.2. The molecule has 1 saturated heterocycles. The number of halogens is 3. The molecule has 2 aromatic heterocycles. The van der Waals surface area contributed by atoms with Gasteiger partial charge in [0.15, 0.2) is 11.0 Å². The van der Waals surface area contributed by atoms with Crippen LogP contribution in [0.4, 0.5) is 14.6 Å². The summed E-state index contributed by atoms with van der Waals surface area (Å²) in [4.78, 5) is 13.9. The first-order valence-corrected chi connectivity index (χ1v) is 8.83. The van der Waals surface area contributed by atoms with Gasteiger partial charge in [0.05, 0.1) is 23.4 Å². The van der Waals surface area contributed by atoms with Crippen LogP contribution in [0.5, 0.6) is 5.88 Å².